The van der Waals surface area contributed by atoms with Crippen molar-refractivity contribution in [1.82, 2.24) is 4.98 Å². The van der Waals surface area contributed by atoms with E-state index in [1.54, 1.807) is 6.07 Å². The maximum absolute atomic E-state index is 10.7. The van der Waals surface area contributed by atoms with Gasteiger partial charge in [-0.1, -0.05) is 60.7 Å². The number of hydrogen-bond acceptors (Lipinski definition) is 4. The van der Waals surface area contributed by atoms with Gasteiger partial charge in [-0.2, -0.15) is 0 Å². The van der Waals surface area contributed by atoms with Crippen LogP contribution in [0.25, 0.3) is 0 Å². The van der Waals surface area contributed by atoms with Gasteiger partial charge in [0.25, 0.3) is 5.69 Å². The Morgan fingerprint density at radius 2 is 1.62 bits per heavy atom. The normalized spacial score (nSPS) is 11.7. The van der Waals surface area contributed by atoms with E-state index in [9.17, 15) is 10.1 Å². The van der Waals surface area contributed by atoms with Crippen molar-refractivity contribution in [2.75, 3.05) is 5.32 Å². The van der Waals surface area contributed by atoms with Crippen LogP contribution in [0.4, 0.5) is 11.5 Å². The van der Waals surface area contributed by atoms with Gasteiger partial charge in [-0.3, -0.25) is 10.1 Å². The van der Waals surface area contributed by atoms with Crippen molar-refractivity contribution >= 4 is 11.5 Å². The van der Waals surface area contributed by atoms with E-state index in [1.807, 2.05) is 36.4 Å². The minimum Gasteiger partial charge on any atom is -0.363 e. The molecule has 0 saturated carbocycles. The van der Waals surface area contributed by atoms with E-state index in [-0.39, 0.29) is 11.7 Å². The standard InChI is InChI=1S/C19H17N3O2/c23-22(24)17-11-12-19(20-14-17)21-18(16-9-5-2-6-10-16)13-15-7-3-1-4-8-15/h1-12,14,18H,13H2,(H,20,21)/t18-/m1/s1. The molecule has 0 aliphatic carbocycles. The number of nitro groups is 1. The summed E-state index contributed by atoms with van der Waals surface area (Å²) in [6, 6.07) is 23.4. The van der Waals surface area contributed by atoms with Crippen molar-refractivity contribution in [2.24, 2.45) is 0 Å². The first kappa shape index (κ1) is 15.7. The van der Waals surface area contributed by atoms with Crippen LogP contribution in [0.15, 0.2) is 79.0 Å². The SMILES string of the molecule is O=[N+]([O-])c1ccc(N[C@H](Cc2ccccc2)c2ccccc2)nc1. The van der Waals surface area contributed by atoms with E-state index >= 15 is 0 Å². The third-order valence-electron chi connectivity index (χ3n) is 3.77. The van der Waals surface area contributed by atoms with Crippen molar-refractivity contribution in [3.05, 3.63) is 100 Å². The molecular weight excluding hydrogens is 302 g/mol. The van der Waals surface area contributed by atoms with E-state index in [0.717, 1.165) is 12.0 Å². The number of nitrogens with one attached hydrogen (secondary N) is 1. The predicted octanol–water partition coefficient (Wildman–Crippen LogP) is 4.39. The molecule has 1 heterocycles. The molecule has 0 fully saturated rings. The molecule has 0 unspecified atom stereocenters. The molecule has 0 amide bonds. The average Bonchev–Trinajstić information content (AvgIpc) is 2.63. The first-order valence-corrected chi connectivity index (χ1v) is 7.68. The van der Waals surface area contributed by atoms with E-state index in [2.05, 4.69) is 34.6 Å². The summed E-state index contributed by atoms with van der Waals surface area (Å²) in [5, 5.41) is 14.1. The maximum Gasteiger partial charge on any atom is 0.287 e. The molecule has 2 aromatic carbocycles. The largest absolute Gasteiger partial charge is 0.363 e. The molecule has 0 aliphatic heterocycles. The number of pyridine rings is 1. The predicted molar refractivity (Wildman–Crippen MR) is 93.8 cm³/mol. The molecular formula is C19H17N3O2. The number of hydrogen-bond donors (Lipinski definition) is 1. The van der Waals surface area contributed by atoms with Crippen LogP contribution in [0.5, 0.6) is 0 Å². The number of aromatic nitrogens is 1. The molecule has 1 aromatic heterocycles. The zero-order chi connectivity index (χ0) is 16.8. The number of rotatable bonds is 6. The summed E-state index contributed by atoms with van der Waals surface area (Å²) >= 11 is 0. The lowest BCUT2D eigenvalue weighted by molar-refractivity contribution is -0.385. The molecule has 120 valence electrons. The highest BCUT2D eigenvalue weighted by Crippen LogP contribution is 2.23. The second-order valence-electron chi connectivity index (χ2n) is 5.46. The van der Waals surface area contributed by atoms with Crippen LogP contribution < -0.4 is 5.32 Å². The van der Waals surface area contributed by atoms with Gasteiger partial charge in [0.1, 0.15) is 12.0 Å². The molecule has 0 aliphatic rings. The molecule has 0 saturated heterocycles. The molecule has 24 heavy (non-hydrogen) atoms. The maximum atomic E-state index is 10.7. The molecule has 0 bridgehead atoms. The highest BCUT2D eigenvalue weighted by atomic mass is 16.6. The van der Waals surface area contributed by atoms with Gasteiger partial charge in [0.05, 0.1) is 11.0 Å². The van der Waals surface area contributed by atoms with Gasteiger partial charge in [-0.15, -0.1) is 0 Å². The Labute approximate surface area is 140 Å². The summed E-state index contributed by atoms with van der Waals surface area (Å²) in [5.74, 6) is 0.616. The molecule has 0 spiro atoms. The fourth-order valence-corrected chi connectivity index (χ4v) is 2.55. The molecule has 1 atom stereocenters. The smallest absolute Gasteiger partial charge is 0.287 e. The van der Waals surface area contributed by atoms with E-state index in [1.165, 1.54) is 17.8 Å². The summed E-state index contributed by atoms with van der Waals surface area (Å²) in [5.41, 5.74) is 2.34. The zero-order valence-corrected chi connectivity index (χ0v) is 13.0. The Bertz CT molecular complexity index is 790. The third-order valence-corrected chi connectivity index (χ3v) is 3.77. The number of benzene rings is 2. The number of anilines is 1. The van der Waals surface area contributed by atoms with Crippen LogP contribution in [0.2, 0.25) is 0 Å². The summed E-state index contributed by atoms with van der Waals surface area (Å²) in [6.45, 7) is 0. The van der Waals surface area contributed by atoms with Gasteiger partial charge in [-0.05, 0) is 23.6 Å². The van der Waals surface area contributed by atoms with Crippen molar-refractivity contribution in [3.8, 4) is 0 Å². The lowest BCUT2D eigenvalue weighted by Gasteiger charge is -2.20. The van der Waals surface area contributed by atoms with Crippen molar-refractivity contribution in [3.63, 3.8) is 0 Å². The topological polar surface area (TPSA) is 68.1 Å². The highest BCUT2D eigenvalue weighted by Gasteiger charge is 2.13. The average molecular weight is 319 g/mol. The summed E-state index contributed by atoms with van der Waals surface area (Å²) in [4.78, 5) is 14.4. The Hall–Kier alpha value is -3.21. The minimum absolute atomic E-state index is 0.0140. The van der Waals surface area contributed by atoms with E-state index in [0.29, 0.717) is 5.82 Å². The van der Waals surface area contributed by atoms with Gasteiger partial charge in [0.2, 0.25) is 0 Å². The van der Waals surface area contributed by atoms with Crippen LogP contribution in [0.1, 0.15) is 17.2 Å². The quantitative estimate of drug-likeness (QED) is 0.540. The summed E-state index contributed by atoms with van der Waals surface area (Å²) in [6.07, 6.45) is 2.07. The van der Waals surface area contributed by atoms with Gasteiger partial charge < -0.3 is 5.32 Å². The van der Waals surface area contributed by atoms with Crippen LogP contribution in [-0.2, 0) is 6.42 Å². The summed E-state index contributed by atoms with van der Waals surface area (Å²) in [7, 11) is 0. The molecule has 0 radical (unpaired) electrons. The van der Waals surface area contributed by atoms with Crippen LogP contribution in [0.3, 0.4) is 0 Å². The molecule has 5 nitrogen and oxygen atoms in total. The summed E-state index contributed by atoms with van der Waals surface area (Å²) < 4.78 is 0. The second-order valence-corrected chi connectivity index (χ2v) is 5.46. The van der Waals surface area contributed by atoms with Gasteiger partial charge in [0.15, 0.2) is 0 Å². The van der Waals surface area contributed by atoms with Gasteiger partial charge >= 0.3 is 0 Å². The first-order chi connectivity index (χ1) is 11.7. The van der Waals surface area contributed by atoms with Crippen LogP contribution in [-0.4, -0.2) is 9.91 Å². The van der Waals surface area contributed by atoms with Crippen molar-refractivity contribution in [2.45, 2.75) is 12.5 Å². The zero-order valence-electron chi connectivity index (χ0n) is 13.0. The Morgan fingerprint density at radius 3 is 2.21 bits per heavy atom. The lowest BCUT2D eigenvalue weighted by Crippen LogP contribution is -2.14. The Morgan fingerprint density at radius 1 is 0.958 bits per heavy atom. The minimum atomic E-state index is -0.449. The van der Waals surface area contributed by atoms with Crippen molar-refractivity contribution < 1.29 is 4.92 Å². The molecule has 5 heteroatoms. The molecule has 1 N–H and O–H groups in total. The Kier molecular flexibility index (Phi) is 4.81. The third kappa shape index (κ3) is 3.95. The van der Waals surface area contributed by atoms with Crippen molar-refractivity contribution in [1.29, 1.82) is 0 Å². The van der Waals surface area contributed by atoms with E-state index in [4.69, 9.17) is 0 Å². The molecule has 3 rings (SSSR count). The number of nitrogens with zero attached hydrogens (tertiary/aromatic N) is 2. The fraction of sp³-hybridized carbons (Fsp3) is 0.105. The van der Waals surface area contributed by atoms with Crippen LogP contribution >= 0.6 is 0 Å². The lowest BCUT2D eigenvalue weighted by atomic mass is 9.99. The van der Waals surface area contributed by atoms with E-state index < -0.39 is 4.92 Å². The van der Waals surface area contributed by atoms with Gasteiger partial charge in [0, 0.05) is 6.07 Å². The molecule has 3 aromatic rings. The Balaban J connectivity index is 1.83. The highest BCUT2D eigenvalue weighted by molar-refractivity contribution is 5.43. The fourth-order valence-electron chi connectivity index (χ4n) is 2.55. The van der Waals surface area contributed by atoms with Crippen LogP contribution in [0, 0.1) is 10.1 Å². The monoisotopic (exact) mass is 319 g/mol. The first-order valence-electron chi connectivity index (χ1n) is 7.68. The second kappa shape index (κ2) is 7.37. The van der Waals surface area contributed by atoms with Gasteiger partial charge in [-0.25, -0.2) is 4.98 Å².